The van der Waals surface area contributed by atoms with Crippen molar-refractivity contribution in [3.05, 3.63) is 35.4 Å². The fourth-order valence-corrected chi connectivity index (χ4v) is 3.13. The van der Waals surface area contributed by atoms with Crippen LogP contribution in [-0.4, -0.2) is 47.3 Å². The summed E-state index contributed by atoms with van der Waals surface area (Å²) in [5.41, 5.74) is 1.10. The number of nitrogens with zero attached hydrogens (tertiary/aromatic N) is 2. The molecule has 0 spiro atoms. The summed E-state index contributed by atoms with van der Waals surface area (Å²) in [6.07, 6.45) is 2.23. The third kappa shape index (κ3) is 1.96. The lowest BCUT2D eigenvalue weighted by molar-refractivity contribution is 0.0611. The van der Waals surface area contributed by atoms with Crippen LogP contribution in [0.25, 0.3) is 0 Å². The van der Waals surface area contributed by atoms with E-state index in [2.05, 4.69) is 11.8 Å². The average Bonchev–Trinajstić information content (AvgIpc) is 2.98. The Morgan fingerprint density at radius 1 is 1.16 bits per heavy atom. The minimum Gasteiger partial charge on any atom is -0.299 e. The number of hydrogen-bond acceptors (Lipinski definition) is 3. The summed E-state index contributed by atoms with van der Waals surface area (Å²) >= 11 is 0. The van der Waals surface area contributed by atoms with Crippen LogP contribution in [-0.2, 0) is 0 Å². The van der Waals surface area contributed by atoms with Crippen LogP contribution in [0.3, 0.4) is 0 Å². The Morgan fingerprint density at radius 3 is 2.37 bits per heavy atom. The third-order valence-electron chi connectivity index (χ3n) is 4.18. The summed E-state index contributed by atoms with van der Waals surface area (Å²) < 4.78 is 0. The standard InChI is InChI=1S/C15H18N2O2/c1-2-16-9-5-6-11(16)10-17-14(18)12-7-3-4-8-13(12)15(17)19/h3-4,7-8,11H,2,5-6,9-10H2,1H3/t11-/m1/s1. The van der Waals surface area contributed by atoms with Gasteiger partial charge in [0.25, 0.3) is 11.8 Å². The van der Waals surface area contributed by atoms with Gasteiger partial charge in [0.05, 0.1) is 11.1 Å². The van der Waals surface area contributed by atoms with Gasteiger partial charge in [0, 0.05) is 12.6 Å². The van der Waals surface area contributed by atoms with E-state index in [9.17, 15) is 9.59 Å². The fourth-order valence-electron chi connectivity index (χ4n) is 3.13. The molecule has 0 N–H and O–H groups in total. The monoisotopic (exact) mass is 258 g/mol. The number of fused-ring (bicyclic) bond motifs is 1. The zero-order valence-electron chi connectivity index (χ0n) is 11.1. The minimum absolute atomic E-state index is 0.136. The topological polar surface area (TPSA) is 40.6 Å². The first-order valence-electron chi connectivity index (χ1n) is 6.91. The molecule has 2 amide bonds. The smallest absolute Gasteiger partial charge is 0.261 e. The normalized spacial score (nSPS) is 23.2. The highest BCUT2D eigenvalue weighted by atomic mass is 16.2. The second-order valence-corrected chi connectivity index (χ2v) is 5.19. The second-order valence-electron chi connectivity index (χ2n) is 5.19. The van der Waals surface area contributed by atoms with Gasteiger partial charge in [0.1, 0.15) is 0 Å². The maximum Gasteiger partial charge on any atom is 0.261 e. The van der Waals surface area contributed by atoms with Gasteiger partial charge in [-0.3, -0.25) is 19.4 Å². The SMILES string of the molecule is CCN1CCC[C@@H]1CN1C(=O)c2ccccc2C1=O. The van der Waals surface area contributed by atoms with Crippen molar-refractivity contribution in [3.63, 3.8) is 0 Å². The van der Waals surface area contributed by atoms with E-state index in [0.717, 1.165) is 25.9 Å². The molecule has 1 aromatic rings. The molecule has 2 aliphatic heterocycles. The van der Waals surface area contributed by atoms with Crippen LogP contribution >= 0.6 is 0 Å². The van der Waals surface area contributed by atoms with Gasteiger partial charge in [-0.1, -0.05) is 19.1 Å². The van der Waals surface area contributed by atoms with E-state index in [1.165, 1.54) is 4.90 Å². The van der Waals surface area contributed by atoms with E-state index < -0.39 is 0 Å². The largest absolute Gasteiger partial charge is 0.299 e. The minimum atomic E-state index is -0.136. The van der Waals surface area contributed by atoms with Gasteiger partial charge in [-0.15, -0.1) is 0 Å². The van der Waals surface area contributed by atoms with Gasteiger partial charge in [0.2, 0.25) is 0 Å². The predicted octanol–water partition coefficient (Wildman–Crippen LogP) is 1.77. The van der Waals surface area contributed by atoms with Gasteiger partial charge in [0.15, 0.2) is 0 Å². The zero-order valence-corrected chi connectivity index (χ0v) is 11.1. The Balaban J connectivity index is 1.81. The summed E-state index contributed by atoms with van der Waals surface area (Å²) in [7, 11) is 0. The molecular formula is C15H18N2O2. The summed E-state index contributed by atoms with van der Waals surface area (Å²) in [5, 5.41) is 0. The van der Waals surface area contributed by atoms with E-state index >= 15 is 0 Å². The summed E-state index contributed by atoms with van der Waals surface area (Å²) in [4.78, 5) is 28.3. The van der Waals surface area contributed by atoms with E-state index in [4.69, 9.17) is 0 Å². The van der Waals surface area contributed by atoms with Crippen LogP contribution in [0, 0.1) is 0 Å². The molecule has 0 saturated carbocycles. The molecule has 1 saturated heterocycles. The lowest BCUT2D eigenvalue weighted by atomic mass is 10.1. The van der Waals surface area contributed by atoms with Crippen molar-refractivity contribution in [1.29, 1.82) is 0 Å². The van der Waals surface area contributed by atoms with Crippen LogP contribution in [0.5, 0.6) is 0 Å². The number of likely N-dealkylation sites (N-methyl/N-ethyl adjacent to an activating group) is 1. The maximum absolute atomic E-state index is 12.3. The molecule has 19 heavy (non-hydrogen) atoms. The summed E-state index contributed by atoms with van der Waals surface area (Å²) in [5.74, 6) is -0.271. The summed E-state index contributed by atoms with van der Waals surface area (Å²) in [6.45, 7) is 4.71. The number of benzene rings is 1. The van der Waals surface area contributed by atoms with Crippen LogP contribution in [0.1, 0.15) is 40.5 Å². The molecule has 4 heteroatoms. The van der Waals surface area contributed by atoms with Crippen molar-refractivity contribution in [2.45, 2.75) is 25.8 Å². The first-order chi connectivity index (χ1) is 9.22. The number of carbonyl (C=O) groups excluding carboxylic acids is 2. The number of imide groups is 1. The lowest BCUT2D eigenvalue weighted by Gasteiger charge is -2.26. The van der Waals surface area contributed by atoms with Gasteiger partial charge in [-0.05, 0) is 38.1 Å². The Bertz CT molecular complexity index is 492. The molecular weight excluding hydrogens is 240 g/mol. The van der Waals surface area contributed by atoms with Crippen molar-refractivity contribution in [2.75, 3.05) is 19.6 Å². The predicted molar refractivity (Wildman–Crippen MR) is 72.1 cm³/mol. The number of likely N-dealkylation sites (tertiary alicyclic amines) is 1. The highest BCUT2D eigenvalue weighted by molar-refractivity contribution is 6.21. The molecule has 100 valence electrons. The molecule has 1 fully saturated rings. The average molecular weight is 258 g/mol. The Hall–Kier alpha value is -1.68. The van der Waals surface area contributed by atoms with Crippen molar-refractivity contribution in [3.8, 4) is 0 Å². The molecule has 2 aliphatic rings. The number of carbonyl (C=O) groups is 2. The van der Waals surface area contributed by atoms with Crippen molar-refractivity contribution in [1.82, 2.24) is 9.80 Å². The number of rotatable bonds is 3. The number of hydrogen-bond donors (Lipinski definition) is 0. The van der Waals surface area contributed by atoms with Gasteiger partial charge < -0.3 is 0 Å². The van der Waals surface area contributed by atoms with Crippen LogP contribution in [0.15, 0.2) is 24.3 Å². The van der Waals surface area contributed by atoms with Crippen molar-refractivity contribution >= 4 is 11.8 Å². The van der Waals surface area contributed by atoms with Gasteiger partial charge >= 0.3 is 0 Å². The van der Waals surface area contributed by atoms with Crippen LogP contribution in [0.2, 0.25) is 0 Å². The Labute approximate surface area is 113 Å². The van der Waals surface area contributed by atoms with Crippen molar-refractivity contribution < 1.29 is 9.59 Å². The van der Waals surface area contributed by atoms with E-state index in [-0.39, 0.29) is 11.8 Å². The quantitative estimate of drug-likeness (QED) is 0.776. The summed E-state index contributed by atoms with van der Waals surface area (Å²) in [6, 6.07) is 7.42. The second kappa shape index (κ2) is 4.78. The van der Waals surface area contributed by atoms with Crippen LogP contribution in [0.4, 0.5) is 0 Å². The third-order valence-corrected chi connectivity index (χ3v) is 4.18. The molecule has 0 aromatic heterocycles. The van der Waals surface area contributed by atoms with Crippen molar-refractivity contribution in [2.24, 2.45) is 0 Å². The molecule has 3 rings (SSSR count). The fraction of sp³-hybridized carbons (Fsp3) is 0.467. The Morgan fingerprint density at radius 2 is 1.79 bits per heavy atom. The number of amides is 2. The Kier molecular flexibility index (Phi) is 3.11. The molecule has 1 aromatic carbocycles. The van der Waals surface area contributed by atoms with E-state index in [1.807, 2.05) is 0 Å². The first-order valence-corrected chi connectivity index (χ1v) is 6.91. The molecule has 0 bridgehead atoms. The lowest BCUT2D eigenvalue weighted by Crippen LogP contribution is -2.42. The van der Waals surface area contributed by atoms with Gasteiger partial charge in [-0.25, -0.2) is 0 Å². The highest BCUT2D eigenvalue weighted by Gasteiger charge is 2.37. The van der Waals surface area contributed by atoms with E-state index in [1.54, 1.807) is 24.3 Å². The molecule has 0 unspecified atom stereocenters. The molecule has 0 radical (unpaired) electrons. The molecule has 1 atom stereocenters. The first kappa shape index (κ1) is 12.4. The van der Waals surface area contributed by atoms with Crippen LogP contribution < -0.4 is 0 Å². The van der Waals surface area contributed by atoms with E-state index in [0.29, 0.717) is 23.7 Å². The maximum atomic E-state index is 12.3. The highest BCUT2D eigenvalue weighted by Crippen LogP contribution is 2.25. The van der Waals surface area contributed by atoms with Gasteiger partial charge in [-0.2, -0.15) is 0 Å². The zero-order chi connectivity index (χ0) is 13.4. The molecule has 2 heterocycles. The molecule has 0 aliphatic carbocycles. The molecule has 4 nitrogen and oxygen atoms in total.